The topological polar surface area (TPSA) is 84.9 Å². The van der Waals surface area contributed by atoms with Crippen LogP contribution in [-0.2, 0) is 16.0 Å². The molecule has 2 N–H and O–H groups in total. The van der Waals surface area contributed by atoms with Crippen molar-refractivity contribution in [3.05, 3.63) is 65.7 Å². The molecule has 148 valence electrons. The second-order valence-corrected chi connectivity index (χ2v) is 6.89. The van der Waals surface area contributed by atoms with Gasteiger partial charge in [0.2, 0.25) is 0 Å². The largest absolute Gasteiger partial charge is 0.490 e. The summed E-state index contributed by atoms with van der Waals surface area (Å²) in [5.41, 5.74) is 1.40. The Hall–Kier alpha value is -2.86. The molecule has 0 spiro atoms. The van der Waals surface area contributed by atoms with Crippen molar-refractivity contribution >= 4 is 11.9 Å². The Bertz CT molecular complexity index is 769. The summed E-state index contributed by atoms with van der Waals surface area (Å²) in [7, 11) is 0. The van der Waals surface area contributed by atoms with Gasteiger partial charge in [0, 0.05) is 24.9 Å². The standard InChI is InChI=1S/C22H25NO5/c24-21(23-15-18(22(25)26)14-16-4-2-1-3-5-16)17-6-8-19(9-7-17)28-20-10-12-27-13-11-20/h1-9,18,20H,10-15H2,(H,23,24)(H,25,26). The maximum absolute atomic E-state index is 12.4. The molecule has 3 rings (SSSR count). The number of carbonyl (C=O) groups excluding carboxylic acids is 1. The summed E-state index contributed by atoms with van der Waals surface area (Å²) >= 11 is 0. The van der Waals surface area contributed by atoms with E-state index in [1.54, 1.807) is 24.3 Å². The summed E-state index contributed by atoms with van der Waals surface area (Å²) in [5.74, 6) is -1.18. The third-order valence-electron chi connectivity index (χ3n) is 4.77. The Morgan fingerprint density at radius 2 is 1.75 bits per heavy atom. The van der Waals surface area contributed by atoms with Crippen LogP contribution in [-0.4, -0.2) is 42.8 Å². The second kappa shape index (κ2) is 9.90. The van der Waals surface area contributed by atoms with Gasteiger partial charge in [0.05, 0.1) is 19.1 Å². The van der Waals surface area contributed by atoms with Crippen LogP contribution in [0.4, 0.5) is 0 Å². The highest BCUT2D eigenvalue weighted by atomic mass is 16.5. The molecule has 0 aromatic heterocycles. The summed E-state index contributed by atoms with van der Waals surface area (Å²) in [6.07, 6.45) is 2.23. The van der Waals surface area contributed by atoms with Crippen molar-refractivity contribution < 1.29 is 24.2 Å². The Kier molecular flexibility index (Phi) is 7.03. The molecule has 0 radical (unpaired) electrons. The number of carboxylic acid groups (broad SMARTS) is 1. The SMILES string of the molecule is O=C(NCC(Cc1ccccc1)C(=O)O)c1ccc(OC2CCOCC2)cc1. The monoisotopic (exact) mass is 383 g/mol. The van der Waals surface area contributed by atoms with Crippen molar-refractivity contribution in [3.63, 3.8) is 0 Å². The molecule has 1 saturated heterocycles. The second-order valence-electron chi connectivity index (χ2n) is 6.89. The van der Waals surface area contributed by atoms with Gasteiger partial charge in [-0.25, -0.2) is 0 Å². The zero-order valence-corrected chi connectivity index (χ0v) is 15.7. The summed E-state index contributed by atoms with van der Waals surface area (Å²) in [6, 6.07) is 16.3. The molecule has 0 aliphatic carbocycles. The number of rotatable bonds is 8. The van der Waals surface area contributed by atoms with Gasteiger partial charge in [-0.3, -0.25) is 9.59 Å². The third-order valence-corrected chi connectivity index (χ3v) is 4.77. The van der Waals surface area contributed by atoms with Crippen LogP contribution in [0.1, 0.15) is 28.8 Å². The average molecular weight is 383 g/mol. The molecule has 1 aliphatic heterocycles. The van der Waals surface area contributed by atoms with E-state index in [1.165, 1.54) is 0 Å². The predicted octanol–water partition coefficient (Wildman–Crippen LogP) is 2.92. The summed E-state index contributed by atoms with van der Waals surface area (Å²) in [6.45, 7) is 1.49. The first-order valence-corrected chi connectivity index (χ1v) is 9.51. The number of amides is 1. The molecular weight excluding hydrogens is 358 g/mol. The lowest BCUT2D eigenvalue weighted by Gasteiger charge is -2.23. The zero-order valence-electron chi connectivity index (χ0n) is 15.7. The van der Waals surface area contributed by atoms with Crippen LogP contribution in [0.5, 0.6) is 5.75 Å². The van der Waals surface area contributed by atoms with E-state index in [0.717, 1.165) is 24.2 Å². The molecule has 0 bridgehead atoms. The maximum Gasteiger partial charge on any atom is 0.308 e. The highest BCUT2D eigenvalue weighted by Gasteiger charge is 2.20. The molecule has 6 heteroatoms. The highest BCUT2D eigenvalue weighted by Crippen LogP contribution is 2.18. The van der Waals surface area contributed by atoms with Crippen molar-refractivity contribution in [1.29, 1.82) is 0 Å². The minimum atomic E-state index is -0.927. The molecular formula is C22H25NO5. The Morgan fingerprint density at radius 3 is 2.39 bits per heavy atom. The van der Waals surface area contributed by atoms with E-state index in [-0.39, 0.29) is 18.6 Å². The summed E-state index contributed by atoms with van der Waals surface area (Å²) in [5, 5.41) is 12.2. The number of carboxylic acids is 1. The third kappa shape index (κ3) is 5.82. The van der Waals surface area contributed by atoms with Gasteiger partial charge in [-0.15, -0.1) is 0 Å². The summed E-state index contributed by atoms with van der Waals surface area (Å²) in [4.78, 5) is 23.9. The fourth-order valence-corrected chi connectivity index (χ4v) is 3.13. The van der Waals surface area contributed by atoms with Crippen LogP contribution in [0.3, 0.4) is 0 Å². The van der Waals surface area contributed by atoms with Gasteiger partial charge in [0.25, 0.3) is 5.91 Å². The van der Waals surface area contributed by atoms with Crippen molar-refractivity contribution in [1.82, 2.24) is 5.32 Å². The molecule has 2 aromatic carbocycles. The molecule has 2 aromatic rings. The molecule has 0 saturated carbocycles. The first-order chi connectivity index (χ1) is 13.6. The van der Waals surface area contributed by atoms with Gasteiger partial charge in [-0.1, -0.05) is 30.3 Å². The van der Waals surface area contributed by atoms with Crippen LogP contribution in [0, 0.1) is 5.92 Å². The Morgan fingerprint density at radius 1 is 1.07 bits per heavy atom. The van der Waals surface area contributed by atoms with Gasteiger partial charge in [0.1, 0.15) is 11.9 Å². The minimum absolute atomic E-state index is 0.0728. The number of hydrogen-bond donors (Lipinski definition) is 2. The summed E-state index contributed by atoms with van der Waals surface area (Å²) < 4.78 is 11.2. The van der Waals surface area contributed by atoms with Crippen molar-refractivity contribution in [2.45, 2.75) is 25.4 Å². The smallest absolute Gasteiger partial charge is 0.308 e. The Balaban J connectivity index is 1.52. The lowest BCUT2D eigenvalue weighted by molar-refractivity contribution is -0.141. The van der Waals surface area contributed by atoms with E-state index in [9.17, 15) is 14.7 Å². The van der Waals surface area contributed by atoms with Gasteiger partial charge in [-0.2, -0.15) is 0 Å². The molecule has 28 heavy (non-hydrogen) atoms. The number of benzene rings is 2. The molecule has 1 amide bonds. The number of aliphatic carboxylic acids is 1. The van der Waals surface area contributed by atoms with Crippen LogP contribution in [0.15, 0.2) is 54.6 Å². The first-order valence-electron chi connectivity index (χ1n) is 9.51. The fourth-order valence-electron chi connectivity index (χ4n) is 3.13. The average Bonchev–Trinajstić information content (AvgIpc) is 2.73. The normalized spacial score (nSPS) is 15.6. The van der Waals surface area contributed by atoms with Gasteiger partial charge in [-0.05, 0) is 36.2 Å². The van der Waals surface area contributed by atoms with Gasteiger partial charge >= 0.3 is 5.97 Å². The predicted molar refractivity (Wildman–Crippen MR) is 105 cm³/mol. The number of hydrogen-bond acceptors (Lipinski definition) is 4. The van der Waals surface area contributed by atoms with E-state index in [1.807, 2.05) is 30.3 Å². The van der Waals surface area contributed by atoms with Crippen molar-refractivity contribution in [2.75, 3.05) is 19.8 Å². The van der Waals surface area contributed by atoms with Crippen molar-refractivity contribution in [3.8, 4) is 5.75 Å². The molecule has 1 atom stereocenters. The van der Waals surface area contributed by atoms with Gasteiger partial charge < -0.3 is 19.9 Å². The van der Waals surface area contributed by atoms with E-state index in [0.29, 0.717) is 25.2 Å². The first kappa shape index (κ1) is 19.9. The van der Waals surface area contributed by atoms with Crippen molar-refractivity contribution in [2.24, 2.45) is 5.92 Å². The van der Waals surface area contributed by atoms with E-state index in [4.69, 9.17) is 9.47 Å². The number of carbonyl (C=O) groups is 2. The molecule has 1 unspecified atom stereocenters. The molecule has 6 nitrogen and oxygen atoms in total. The van der Waals surface area contributed by atoms with Crippen LogP contribution in [0.2, 0.25) is 0 Å². The maximum atomic E-state index is 12.4. The zero-order chi connectivity index (χ0) is 19.8. The lowest BCUT2D eigenvalue weighted by atomic mass is 9.99. The highest BCUT2D eigenvalue weighted by molar-refractivity contribution is 5.94. The van der Waals surface area contributed by atoms with Crippen LogP contribution >= 0.6 is 0 Å². The van der Waals surface area contributed by atoms with E-state index < -0.39 is 11.9 Å². The Labute approximate surface area is 164 Å². The van der Waals surface area contributed by atoms with Crippen LogP contribution < -0.4 is 10.1 Å². The molecule has 1 aliphatic rings. The number of nitrogens with one attached hydrogen (secondary N) is 1. The van der Waals surface area contributed by atoms with Gasteiger partial charge in [0.15, 0.2) is 0 Å². The molecule has 1 fully saturated rings. The molecule has 1 heterocycles. The van der Waals surface area contributed by atoms with E-state index >= 15 is 0 Å². The quantitative estimate of drug-likeness (QED) is 0.732. The lowest BCUT2D eigenvalue weighted by Crippen LogP contribution is -2.34. The van der Waals surface area contributed by atoms with E-state index in [2.05, 4.69) is 5.32 Å². The number of ether oxygens (including phenoxy) is 2. The fraction of sp³-hybridized carbons (Fsp3) is 0.364. The minimum Gasteiger partial charge on any atom is -0.490 e. The van der Waals surface area contributed by atoms with Crippen LogP contribution in [0.25, 0.3) is 0 Å².